The van der Waals surface area contributed by atoms with E-state index in [0.717, 1.165) is 9.91 Å². The molecule has 1 aromatic heterocycles. The molecule has 102 valence electrons. The summed E-state index contributed by atoms with van der Waals surface area (Å²) in [6.45, 7) is 2.08. The third kappa shape index (κ3) is 10.7. The van der Waals surface area contributed by atoms with Crippen LogP contribution in [0.4, 0.5) is 0 Å². The number of thiophene rings is 1. The van der Waals surface area contributed by atoms with E-state index in [1.54, 1.807) is 11.3 Å². The molecule has 8 heteroatoms. The van der Waals surface area contributed by atoms with Gasteiger partial charge in [0.2, 0.25) is 0 Å². The van der Waals surface area contributed by atoms with Crippen molar-refractivity contribution in [3.63, 3.8) is 0 Å². The Morgan fingerprint density at radius 2 is 1.78 bits per heavy atom. The first-order chi connectivity index (χ1) is 8.09. The van der Waals surface area contributed by atoms with Gasteiger partial charge in [-0.2, -0.15) is 0 Å². The molecule has 0 atom stereocenters. The lowest BCUT2D eigenvalue weighted by Gasteiger charge is -2.17. The predicted molar refractivity (Wildman–Crippen MR) is 61.1 cm³/mol. The van der Waals surface area contributed by atoms with Gasteiger partial charge in [-0.05, 0) is 19.1 Å². The first kappa shape index (κ1) is 17.5. The normalized spacial score (nSPS) is 11.7. The van der Waals surface area contributed by atoms with Crippen LogP contribution in [0.1, 0.15) is 9.75 Å². The molecule has 18 heavy (non-hydrogen) atoms. The summed E-state index contributed by atoms with van der Waals surface area (Å²) in [5.41, 5.74) is 0. The van der Waals surface area contributed by atoms with E-state index in [-0.39, 0.29) is 0 Å². The maximum Gasteiger partial charge on any atom is 0.164 e. The minimum Gasteiger partial charge on any atom is -0.241 e. The summed E-state index contributed by atoms with van der Waals surface area (Å²) in [4.78, 5) is 2.41. The third-order valence-corrected chi connectivity index (χ3v) is 2.97. The molecule has 0 N–H and O–H groups in total. The molecule has 0 aliphatic heterocycles. The fourth-order valence-corrected chi connectivity index (χ4v) is 1.88. The zero-order valence-corrected chi connectivity index (χ0v) is 12.4. The van der Waals surface area contributed by atoms with Gasteiger partial charge < -0.3 is 0 Å². The second-order valence-corrected chi connectivity index (χ2v) is 5.87. The van der Waals surface area contributed by atoms with Crippen molar-refractivity contribution in [1.29, 1.82) is 0 Å². The molecule has 0 aliphatic rings. The molecule has 0 bridgehead atoms. The standard InChI is InChI=1S/C10H13ClNS.ClHO4/c1-8-4-5-10(13-8)9(11)6-7-12(2)3;2-1(3,4)5/h4-7H,1-3H3;(H,2,3,4,5)/q+1;/p-1/b9-6-;. The van der Waals surface area contributed by atoms with E-state index in [9.17, 15) is 0 Å². The Bertz CT molecular complexity index is 427. The van der Waals surface area contributed by atoms with Crippen LogP contribution in [0.2, 0.25) is 0 Å². The Labute approximate surface area is 117 Å². The van der Waals surface area contributed by atoms with Crippen molar-refractivity contribution in [2.75, 3.05) is 14.1 Å². The second-order valence-electron chi connectivity index (χ2n) is 3.42. The summed E-state index contributed by atoms with van der Waals surface area (Å²) in [6, 6.07) is 4.12. The van der Waals surface area contributed by atoms with Crippen LogP contribution in [0.3, 0.4) is 0 Å². The molecule has 1 rings (SSSR count). The lowest BCUT2D eigenvalue weighted by molar-refractivity contribution is -2.00. The van der Waals surface area contributed by atoms with E-state index >= 15 is 0 Å². The van der Waals surface area contributed by atoms with Gasteiger partial charge in [-0.1, -0.05) is 11.6 Å². The topological polar surface area (TPSA) is 95.2 Å². The molecule has 0 unspecified atom stereocenters. The summed E-state index contributed by atoms with van der Waals surface area (Å²) >= 11 is 7.79. The Balaban J connectivity index is 0.000000494. The smallest absolute Gasteiger partial charge is 0.164 e. The van der Waals surface area contributed by atoms with Crippen LogP contribution < -0.4 is 18.6 Å². The van der Waals surface area contributed by atoms with Crippen molar-refractivity contribution in [1.82, 2.24) is 0 Å². The van der Waals surface area contributed by atoms with Crippen LogP contribution in [0.25, 0.3) is 5.03 Å². The van der Waals surface area contributed by atoms with Gasteiger partial charge in [0.05, 0.1) is 5.03 Å². The Morgan fingerprint density at radius 1 is 1.28 bits per heavy atom. The van der Waals surface area contributed by atoms with Gasteiger partial charge in [0.15, 0.2) is 6.21 Å². The summed E-state index contributed by atoms with van der Waals surface area (Å²) in [5.74, 6) is 0. The zero-order chi connectivity index (χ0) is 14.3. The van der Waals surface area contributed by atoms with E-state index in [0.29, 0.717) is 0 Å². The van der Waals surface area contributed by atoms with E-state index in [2.05, 4.69) is 13.0 Å². The van der Waals surface area contributed by atoms with E-state index in [1.165, 1.54) is 4.88 Å². The molecule has 0 saturated carbocycles. The van der Waals surface area contributed by atoms with Crippen LogP contribution in [0.15, 0.2) is 18.2 Å². The zero-order valence-electron chi connectivity index (χ0n) is 10.1. The van der Waals surface area contributed by atoms with Gasteiger partial charge in [-0.3, -0.25) is 0 Å². The highest BCUT2D eigenvalue weighted by atomic mass is 35.7. The lowest BCUT2D eigenvalue weighted by atomic mass is 10.4. The van der Waals surface area contributed by atoms with E-state index in [4.69, 9.17) is 30.2 Å². The summed E-state index contributed by atoms with van der Waals surface area (Å²) in [6.07, 6.45) is 3.85. The average molecular weight is 314 g/mol. The number of halogens is 2. The molecular formula is C10H13Cl2NO4S. The maximum absolute atomic E-state index is 8.49. The molecular weight excluding hydrogens is 301 g/mol. The van der Waals surface area contributed by atoms with Crippen molar-refractivity contribution in [3.05, 3.63) is 28.0 Å². The van der Waals surface area contributed by atoms with Gasteiger partial charge >= 0.3 is 0 Å². The minimum atomic E-state index is -4.94. The lowest BCUT2D eigenvalue weighted by Crippen LogP contribution is -2.68. The van der Waals surface area contributed by atoms with Crippen molar-refractivity contribution >= 4 is 34.2 Å². The Kier molecular flexibility index (Phi) is 7.65. The highest BCUT2D eigenvalue weighted by Gasteiger charge is 2.00. The number of hydrogen-bond acceptors (Lipinski definition) is 5. The molecule has 0 spiro atoms. The molecule has 0 amide bonds. The summed E-state index contributed by atoms with van der Waals surface area (Å²) in [7, 11) is -0.999. The third-order valence-electron chi connectivity index (χ3n) is 1.49. The average Bonchev–Trinajstić information content (AvgIpc) is 2.58. The van der Waals surface area contributed by atoms with Crippen LogP contribution in [-0.2, 0) is 0 Å². The summed E-state index contributed by atoms with van der Waals surface area (Å²) < 4.78 is 35.9. The first-order valence-corrected chi connectivity index (χ1v) is 7.08. The van der Waals surface area contributed by atoms with Crippen LogP contribution in [-0.4, -0.2) is 24.9 Å². The van der Waals surface area contributed by atoms with Crippen molar-refractivity contribution in [2.24, 2.45) is 0 Å². The fourth-order valence-electron chi connectivity index (χ4n) is 0.860. The van der Waals surface area contributed by atoms with Gasteiger partial charge in [0.1, 0.15) is 14.1 Å². The van der Waals surface area contributed by atoms with Crippen LogP contribution in [0.5, 0.6) is 0 Å². The van der Waals surface area contributed by atoms with Crippen molar-refractivity contribution in [2.45, 2.75) is 6.92 Å². The van der Waals surface area contributed by atoms with Crippen LogP contribution in [0, 0.1) is 17.2 Å². The molecule has 0 saturated heterocycles. The van der Waals surface area contributed by atoms with Gasteiger partial charge in [-0.25, -0.2) is 23.2 Å². The van der Waals surface area contributed by atoms with Gasteiger partial charge in [0.25, 0.3) is 0 Å². The Hall–Kier alpha value is -0.470. The first-order valence-electron chi connectivity index (χ1n) is 4.65. The molecule has 0 aromatic carbocycles. The van der Waals surface area contributed by atoms with E-state index in [1.807, 2.05) is 37.0 Å². The summed E-state index contributed by atoms with van der Waals surface area (Å²) in [5, 5.41) is 0.798. The van der Waals surface area contributed by atoms with Gasteiger partial charge in [0, 0.05) is 15.8 Å². The highest BCUT2D eigenvalue weighted by molar-refractivity contribution is 7.13. The maximum atomic E-state index is 8.49. The van der Waals surface area contributed by atoms with Gasteiger partial charge in [-0.15, -0.1) is 21.6 Å². The predicted octanol–water partition coefficient (Wildman–Crippen LogP) is -1.78. The van der Waals surface area contributed by atoms with Crippen LogP contribution >= 0.6 is 22.9 Å². The van der Waals surface area contributed by atoms with Crippen molar-refractivity contribution in [3.8, 4) is 0 Å². The molecule has 0 aliphatic carbocycles. The molecule has 1 aromatic rings. The number of nitrogens with zero attached hydrogens (tertiary/aromatic N) is 1. The van der Waals surface area contributed by atoms with E-state index < -0.39 is 10.2 Å². The SMILES string of the molecule is Cc1ccc(/C(Cl)=C/C=[N+](C)C)s1.[O-][Cl+3]([O-])([O-])[O-]. The number of aryl methyl sites for hydroxylation is 1. The van der Waals surface area contributed by atoms with Crippen molar-refractivity contribution < 1.29 is 33.5 Å². The largest absolute Gasteiger partial charge is 0.241 e. The monoisotopic (exact) mass is 313 g/mol. The highest BCUT2D eigenvalue weighted by Crippen LogP contribution is 2.25. The minimum absolute atomic E-state index is 0.798. The second kappa shape index (κ2) is 7.85. The molecule has 0 fully saturated rings. The quantitative estimate of drug-likeness (QED) is 0.476. The number of rotatable bonds is 2. The number of allylic oxidation sites excluding steroid dienone is 1. The Morgan fingerprint density at radius 3 is 2.11 bits per heavy atom. The molecule has 1 heterocycles. The molecule has 5 nitrogen and oxygen atoms in total. The fraction of sp³-hybridized carbons (Fsp3) is 0.300. The molecule has 0 radical (unpaired) electrons. The number of hydrogen-bond donors (Lipinski definition) is 0.